The van der Waals surface area contributed by atoms with Crippen molar-refractivity contribution in [2.24, 2.45) is 0 Å². The highest BCUT2D eigenvalue weighted by molar-refractivity contribution is 5.77. The molecule has 1 heterocycles. The SMILES string of the molecule is FC(F)C1=C[NH+]=[C-]1. The van der Waals surface area contributed by atoms with Crippen LogP contribution in [-0.2, 0) is 0 Å². The van der Waals surface area contributed by atoms with Gasteiger partial charge in [-0.15, -0.1) is 0 Å². The maximum Gasteiger partial charge on any atom is 0.252 e. The standard InChI is InChI=1S/C4H3F2N/c5-4(6)3-1-7-2-3/h1,4,7H. The summed E-state index contributed by atoms with van der Waals surface area (Å²) in [4.78, 5) is 2.35. The Bertz CT molecular complexity index is 126. The number of rotatable bonds is 1. The molecule has 3 heteroatoms. The van der Waals surface area contributed by atoms with Gasteiger partial charge in [0, 0.05) is 5.57 Å². The lowest BCUT2D eigenvalue weighted by Gasteiger charge is -2.01. The van der Waals surface area contributed by atoms with E-state index in [4.69, 9.17) is 0 Å². The monoisotopic (exact) mass is 103 g/mol. The Morgan fingerprint density at radius 3 is 2.29 bits per heavy atom. The smallest absolute Gasteiger partial charge is 0.252 e. The van der Waals surface area contributed by atoms with E-state index in [-0.39, 0.29) is 5.57 Å². The van der Waals surface area contributed by atoms with E-state index < -0.39 is 6.43 Å². The van der Waals surface area contributed by atoms with Gasteiger partial charge < -0.3 is 4.99 Å². The fourth-order valence-electron chi connectivity index (χ4n) is 0.273. The van der Waals surface area contributed by atoms with Crippen LogP contribution in [0.25, 0.3) is 0 Å². The maximum absolute atomic E-state index is 11.3. The van der Waals surface area contributed by atoms with Crippen LogP contribution < -0.4 is 4.99 Å². The summed E-state index contributed by atoms with van der Waals surface area (Å²) in [6.45, 7) is 0. The van der Waals surface area contributed by atoms with Gasteiger partial charge in [-0.25, -0.2) is 8.78 Å². The van der Waals surface area contributed by atoms with Crippen LogP contribution in [0.2, 0.25) is 0 Å². The molecule has 0 aliphatic carbocycles. The van der Waals surface area contributed by atoms with Crippen LogP contribution in [0.15, 0.2) is 11.8 Å². The molecule has 1 rings (SSSR count). The molecular weight excluding hydrogens is 100 g/mol. The molecule has 0 fully saturated rings. The van der Waals surface area contributed by atoms with Crippen molar-refractivity contribution >= 4 is 6.21 Å². The van der Waals surface area contributed by atoms with Gasteiger partial charge in [-0.2, -0.15) is 0 Å². The Morgan fingerprint density at radius 2 is 2.29 bits per heavy atom. The van der Waals surface area contributed by atoms with Crippen LogP contribution in [0.3, 0.4) is 0 Å². The van der Waals surface area contributed by atoms with Gasteiger partial charge in [0.2, 0.25) is 0 Å². The lowest BCUT2D eigenvalue weighted by atomic mass is 10.3. The van der Waals surface area contributed by atoms with Gasteiger partial charge >= 0.3 is 0 Å². The van der Waals surface area contributed by atoms with Crippen LogP contribution >= 0.6 is 0 Å². The van der Waals surface area contributed by atoms with Crippen LogP contribution in [-0.4, -0.2) is 12.6 Å². The molecule has 0 spiro atoms. The second kappa shape index (κ2) is 1.40. The fraction of sp³-hybridized carbons (Fsp3) is 0.250. The first-order chi connectivity index (χ1) is 3.30. The van der Waals surface area contributed by atoms with Crippen molar-refractivity contribution in [3.8, 4) is 0 Å². The third-order valence-corrected chi connectivity index (χ3v) is 0.679. The first-order valence-electron chi connectivity index (χ1n) is 1.80. The number of nitrogens with one attached hydrogen (secondary N) is 1. The van der Waals surface area contributed by atoms with Gasteiger partial charge in [0.25, 0.3) is 6.43 Å². The van der Waals surface area contributed by atoms with E-state index in [1.807, 2.05) is 0 Å². The van der Waals surface area contributed by atoms with Crippen LogP contribution in [0.5, 0.6) is 0 Å². The number of hydrogen-bond acceptors (Lipinski definition) is 0. The van der Waals surface area contributed by atoms with E-state index in [9.17, 15) is 8.78 Å². The summed E-state index contributed by atoms with van der Waals surface area (Å²) in [6, 6.07) is 0. The van der Waals surface area contributed by atoms with Crippen molar-refractivity contribution in [3.05, 3.63) is 11.8 Å². The Balaban J connectivity index is 2.43. The summed E-state index contributed by atoms with van der Waals surface area (Å²) in [5.41, 5.74) is -0.0417. The molecule has 7 heavy (non-hydrogen) atoms. The van der Waals surface area contributed by atoms with Gasteiger partial charge in [0.1, 0.15) is 6.21 Å². The zero-order chi connectivity index (χ0) is 5.28. The highest BCUT2D eigenvalue weighted by Gasteiger charge is 2.10. The molecule has 0 unspecified atom stereocenters. The van der Waals surface area contributed by atoms with Gasteiger partial charge in [0.05, 0.1) is 6.20 Å². The summed E-state index contributed by atoms with van der Waals surface area (Å²) < 4.78 is 22.6. The van der Waals surface area contributed by atoms with E-state index in [1.165, 1.54) is 6.20 Å². The lowest BCUT2D eigenvalue weighted by molar-refractivity contribution is -0.382. The number of halogens is 2. The third-order valence-electron chi connectivity index (χ3n) is 0.679. The van der Waals surface area contributed by atoms with E-state index in [2.05, 4.69) is 11.2 Å². The highest BCUT2D eigenvalue weighted by atomic mass is 19.3. The average Bonchev–Trinajstić information content (AvgIpc) is 1.23. The van der Waals surface area contributed by atoms with Gasteiger partial charge in [0.15, 0.2) is 0 Å². The minimum absolute atomic E-state index is 0.0417. The summed E-state index contributed by atoms with van der Waals surface area (Å²) in [7, 11) is 0. The van der Waals surface area contributed by atoms with E-state index in [0.29, 0.717) is 0 Å². The Morgan fingerprint density at radius 1 is 1.71 bits per heavy atom. The maximum atomic E-state index is 11.3. The highest BCUT2D eigenvalue weighted by Crippen LogP contribution is 2.03. The zero-order valence-electron chi connectivity index (χ0n) is 3.41. The number of alkyl halides is 2. The Hall–Kier alpha value is -0.730. The number of allylic oxidation sites excluding steroid dienone is 1. The van der Waals surface area contributed by atoms with Crippen molar-refractivity contribution in [1.29, 1.82) is 0 Å². The predicted molar refractivity (Wildman–Crippen MR) is 20.1 cm³/mol. The minimum Gasteiger partial charge on any atom is -0.323 e. The minimum atomic E-state index is -2.36. The quantitative estimate of drug-likeness (QED) is 0.417. The van der Waals surface area contributed by atoms with Crippen LogP contribution in [0.4, 0.5) is 8.78 Å². The average molecular weight is 103 g/mol. The predicted octanol–water partition coefficient (Wildman–Crippen LogP) is -0.823. The van der Waals surface area contributed by atoms with E-state index in [1.54, 1.807) is 0 Å². The summed E-state index contributed by atoms with van der Waals surface area (Å²) >= 11 is 0. The molecule has 0 aromatic carbocycles. The fourth-order valence-corrected chi connectivity index (χ4v) is 0.273. The molecule has 1 aliphatic heterocycles. The number of hydrogen-bond donors (Lipinski definition) is 1. The summed E-state index contributed by atoms with van der Waals surface area (Å²) in [6.07, 6.45) is 1.07. The molecule has 38 valence electrons. The molecule has 0 aromatic heterocycles. The largest absolute Gasteiger partial charge is 0.323 e. The molecule has 0 amide bonds. The van der Waals surface area contributed by atoms with Gasteiger partial charge in [-0.1, -0.05) is 0 Å². The molecule has 1 N–H and O–H groups in total. The van der Waals surface area contributed by atoms with Gasteiger partial charge in [-0.3, -0.25) is 0 Å². The molecule has 1 nitrogen and oxygen atoms in total. The van der Waals surface area contributed by atoms with Crippen molar-refractivity contribution in [3.63, 3.8) is 0 Å². The molecule has 0 saturated heterocycles. The topological polar surface area (TPSA) is 14.0 Å². The van der Waals surface area contributed by atoms with E-state index >= 15 is 0 Å². The van der Waals surface area contributed by atoms with Crippen molar-refractivity contribution in [2.45, 2.75) is 6.43 Å². The summed E-state index contributed by atoms with van der Waals surface area (Å²) in [5.74, 6) is 0. The molecule has 0 bridgehead atoms. The Labute approximate surface area is 39.4 Å². The molecule has 1 aliphatic rings. The van der Waals surface area contributed by atoms with Crippen molar-refractivity contribution in [1.82, 2.24) is 0 Å². The molecular formula is C4H3F2N. The van der Waals surface area contributed by atoms with E-state index in [0.717, 1.165) is 0 Å². The normalized spacial score (nSPS) is 16.7. The second-order valence-electron chi connectivity index (χ2n) is 1.17. The van der Waals surface area contributed by atoms with Crippen molar-refractivity contribution < 1.29 is 13.8 Å². The molecule has 0 atom stereocenters. The third kappa shape index (κ3) is 0.656. The summed E-state index contributed by atoms with van der Waals surface area (Å²) in [5, 5.41) is 0. The van der Waals surface area contributed by atoms with Crippen molar-refractivity contribution in [2.75, 3.05) is 0 Å². The first-order valence-corrected chi connectivity index (χ1v) is 1.80. The van der Waals surface area contributed by atoms with Crippen LogP contribution in [0, 0.1) is 0 Å². The molecule has 0 aromatic rings. The van der Waals surface area contributed by atoms with Gasteiger partial charge in [-0.05, 0) is 0 Å². The lowest BCUT2D eigenvalue weighted by Crippen LogP contribution is -2.68. The zero-order valence-corrected chi connectivity index (χ0v) is 3.41. The van der Waals surface area contributed by atoms with Crippen LogP contribution in [0.1, 0.15) is 0 Å². The second-order valence-corrected chi connectivity index (χ2v) is 1.17. The molecule has 0 radical (unpaired) electrons. The first kappa shape index (κ1) is 4.43. The Kier molecular flexibility index (Phi) is 0.889. The molecule has 0 saturated carbocycles.